The molecule has 0 aliphatic heterocycles. The molecular formula is C10H6Cl2IN3. The van der Waals surface area contributed by atoms with E-state index in [1.807, 2.05) is 35.6 Å². The molecule has 0 saturated carbocycles. The van der Waals surface area contributed by atoms with Crippen LogP contribution in [0.15, 0.2) is 18.5 Å². The van der Waals surface area contributed by atoms with Crippen molar-refractivity contribution in [3.05, 3.63) is 37.9 Å². The van der Waals surface area contributed by atoms with Crippen molar-refractivity contribution < 1.29 is 0 Å². The maximum absolute atomic E-state index is 5.96. The molecule has 0 amide bonds. The van der Waals surface area contributed by atoms with Gasteiger partial charge in [-0.15, -0.1) is 0 Å². The smallest absolute Gasteiger partial charge is 0.164 e. The van der Waals surface area contributed by atoms with Crippen molar-refractivity contribution in [1.29, 1.82) is 0 Å². The highest BCUT2D eigenvalue weighted by Gasteiger charge is 2.11. The molecule has 0 aliphatic carbocycles. The molecule has 0 unspecified atom stereocenters. The minimum Gasteiger partial charge on any atom is -0.264 e. The lowest BCUT2D eigenvalue weighted by Crippen LogP contribution is -1.95. The summed E-state index contributed by atoms with van der Waals surface area (Å²) in [6, 6.07) is 1.89. The van der Waals surface area contributed by atoms with Gasteiger partial charge in [0.25, 0.3) is 0 Å². The van der Waals surface area contributed by atoms with Gasteiger partial charge in [0, 0.05) is 18.0 Å². The zero-order valence-corrected chi connectivity index (χ0v) is 11.9. The monoisotopic (exact) mass is 365 g/mol. The zero-order valence-electron chi connectivity index (χ0n) is 8.21. The first kappa shape index (κ1) is 12.0. The van der Waals surface area contributed by atoms with E-state index in [0.717, 1.165) is 11.1 Å². The van der Waals surface area contributed by atoms with Crippen LogP contribution >= 0.6 is 45.8 Å². The van der Waals surface area contributed by atoms with E-state index in [9.17, 15) is 0 Å². The average Bonchev–Trinajstić information content (AvgIpc) is 2.26. The van der Waals surface area contributed by atoms with E-state index in [-0.39, 0.29) is 0 Å². The summed E-state index contributed by atoms with van der Waals surface area (Å²) in [4.78, 5) is 12.4. The molecule has 82 valence electrons. The first-order chi connectivity index (χ1) is 7.59. The Bertz CT molecular complexity index is 522. The van der Waals surface area contributed by atoms with E-state index in [1.165, 1.54) is 0 Å². The topological polar surface area (TPSA) is 38.7 Å². The highest BCUT2D eigenvalue weighted by atomic mass is 127. The molecule has 0 fully saturated rings. The molecule has 0 spiro atoms. The zero-order chi connectivity index (χ0) is 11.7. The molecule has 0 aliphatic rings. The number of aryl methyl sites for hydroxylation is 1. The van der Waals surface area contributed by atoms with Gasteiger partial charge in [0.1, 0.15) is 10.3 Å². The van der Waals surface area contributed by atoms with Crippen LogP contribution in [0.3, 0.4) is 0 Å². The second kappa shape index (κ2) is 4.81. The fraction of sp³-hybridized carbons (Fsp3) is 0.100. The van der Waals surface area contributed by atoms with E-state index < -0.39 is 0 Å². The van der Waals surface area contributed by atoms with Gasteiger partial charge in [0.2, 0.25) is 0 Å². The van der Waals surface area contributed by atoms with Gasteiger partial charge in [-0.2, -0.15) is 0 Å². The Balaban J connectivity index is 2.62. The Labute approximate surface area is 116 Å². The Morgan fingerprint density at radius 1 is 1.19 bits per heavy atom. The third-order valence-electron chi connectivity index (χ3n) is 2.05. The van der Waals surface area contributed by atoms with Crippen molar-refractivity contribution in [2.24, 2.45) is 0 Å². The predicted molar refractivity (Wildman–Crippen MR) is 72.7 cm³/mol. The van der Waals surface area contributed by atoms with Crippen LogP contribution in [-0.2, 0) is 0 Å². The van der Waals surface area contributed by atoms with Gasteiger partial charge in [-0.05, 0) is 41.1 Å². The molecule has 0 bridgehead atoms. The Kier molecular flexibility index (Phi) is 3.61. The maximum atomic E-state index is 5.96. The van der Waals surface area contributed by atoms with E-state index in [2.05, 4.69) is 15.0 Å². The lowest BCUT2D eigenvalue weighted by molar-refractivity contribution is 1.14. The Morgan fingerprint density at radius 3 is 2.38 bits per heavy atom. The van der Waals surface area contributed by atoms with Crippen molar-refractivity contribution in [2.45, 2.75) is 6.92 Å². The predicted octanol–water partition coefficient (Wildman–Crippen LogP) is 3.76. The standard InChI is InChI=1S/C10H6Cl2IN3/c1-5-2-3-14-4-6(5)10-15-8(11)7(13)9(12)16-10/h2-4H,1H3. The van der Waals surface area contributed by atoms with E-state index in [1.54, 1.807) is 12.4 Å². The highest BCUT2D eigenvalue weighted by Crippen LogP contribution is 2.27. The number of hydrogen-bond acceptors (Lipinski definition) is 3. The Hall–Kier alpha value is -0.460. The summed E-state index contributed by atoms with van der Waals surface area (Å²) < 4.78 is 0.659. The SMILES string of the molecule is Cc1ccncc1-c1nc(Cl)c(I)c(Cl)n1. The number of nitrogens with zero attached hydrogens (tertiary/aromatic N) is 3. The molecule has 3 nitrogen and oxygen atoms in total. The summed E-state index contributed by atoms with van der Waals surface area (Å²) in [7, 11) is 0. The maximum Gasteiger partial charge on any atom is 0.164 e. The van der Waals surface area contributed by atoms with E-state index in [4.69, 9.17) is 23.2 Å². The molecule has 2 aromatic rings. The van der Waals surface area contributed by atoms with Gasteiger partial charge in [0.05, 0.1) is 3.57 Å². The van der Waals surface area contributed by atoms with Crippen molar-refractivity contribution in [3.63, 3.8) is 0 Å². The van der Waals surface area contributed by atoms with Gasteiger partial charge in [-0.25, -0.2) is 9.97 Å². The van der Waals surface area contributed by atoms with Crippen molar-refractivity contribution in [2.75, 3.05) is 0 Å². The fourth-order valence-corrected chi connectivity index (χ4v) is 1.84. The molecule has 6 heteroatoms. The van der Waals surface area contributed by atoms with Crippen molar-refractivity contribution in [1.82, 2.24) is 15.0 Å². The molecular weight excluding hydrogens is 360 g/mol. The summed E-state index contributed by atoms with van der Waals surface area (Å²) in [5.41, 5.74) is 1.87. The van der Waals surface area contributed by atoms with Crippen LogP contribution in [0.5, 0.6) is 0 Å². The minimum absolute atomic E-state index is 0.360. The van der Waals surface area contributed by atoms with Crippen LogP contribution in [0.4, 0.5) is 0 Å². The fourth-order valence-electron chi connectivity index (χ4n) is 1.21. The number of pyridine rings is 1. The lowest BCUT2D eigenvalue weighted by atomic mass is 10.1. The number of rotatable bonds is 1. The number of aromatic nitrogens is 3. The van der Waals surface area contributed by atoms with Gasteiger partial charge < -0.3 is 0 Å². The molecule has 0 aromatic carbocycles. The van der Waals surface area contributed by atoms with Gasteiger partial charge >= 0.3 is 0 Å². The highest BCUT2D eigenvalue weighted by molar-refractivity contribution is 14.1. The molecule has 2 heterocycles. The third-order valence-corrected chi connectivity index (χ3v) is 4.26. The van der Waals surface area contributed by atoms with E-state index in [0.29, 0.717) is 19.7 Å². The van der Waals surface area contributed by atoms with Gasteiger partial charge in [-0.1, -0.05) is 23.2 Å². The van der Waals surface area contributed by atoms with Crippen LogP contribution in [0.2, 0.25) is 10.3 Å². The molecule has 16 heavy (non-hydrogen) atoms. The van der Waals surface area contributed by atoms with E-state index >= 15 is 0 Å². The average molecular weight is 366 g/mol. The minimum atomic E-state index is 0.360. The number of hydrogen-bond donors (Lipinski definition) is 0. The number of halogens is 3. The van der Waals surface area contributed by atoms with Crippen LogP contribution in [0, 0.1) is 10.5 Å². The lowest BCUT2D eigenvalue weighted by Gasteiger charge is -2.05. The summed E-state index contributed by atoms with van der Waals surface area (Å²) >= 11 is 13.9. The largest absolute Gasteiger partial charge is 0.264 e. The van der Waals surface area contributed by atoms with Crippen molar-refractivity contribution >= 4 is 45.8 Å². The molecule has 0 atom stereocenters. The summed E-state index contributed by atoms with van der Waals surface area (Å²) in [6.07, 6.45) is 3.42. The molecule has 0 radical (unpaired) electrons. The second-order valence-electron chi connectivity index (χ2n) is 3.13. The first-order valence-electron chi connectivity index (χ1n) is 4.39. The molecule has 0 N–H and O–H groups in total. The normalized spacial score (nSPS) is 10.5. The molecule has 0 saturated heterocycles. The van der Waals surface area contributed by atoms with Gasteiger partial charge in [-0.3, -0.25) is 4.98 Å². The van der Waals surface area contributed by atoms with Crippen LogP contribution in [-0.4, -0.2) is 15.0 Å². The summed E-state index contributed by atoms with van der Waals surface area (Å²) in [5.74, 6) is 0.501. The van der Waals surface area contributed by atoms with Crippen molar-refractivity contribution in [3.8, 4) is 11.4 Å². The molecule has 2 aromatic heterocycles. The Morgan fingerprint density at radius 2 is 1.81 bits per heavy atom. The molecule has 2 rings (SSSR count). The summed E-state index contributed by atoms with van der Waals surface area (Å²) in [5, 5.41) is 0.720. The van der Waals surface area contributed by atoms with Crippen LogP contribution in [0.25, 0.3) is 11.4 Å². The van der Waals surface area contributed by atoms with Crippen LogP contribution < -0.4 is 0 Å². The van der Waals surface area contributed by atoms with Crippen LogP contribution in [0.1, 0.15) is 5.56 Å². The second-order valence-corrected chi connectivity index (χ2v) is 4.93. The summed E-state index contributed by atoms with van der Waals surface area (Å²) in [6.45, 7) is 1.96. The quantitative estimate of drug-likeness (QED) is 0.570. The first-order valence-corrected chi connectivity index (χ1v) is 6.22. The third kappa shape index (κ3) is 2.28. The van der Waals surface area contributed by atoms with Gasteiger partial charge in [0.15, 0.2) is 5.82 Å².